The highest BCUT2D eigenvalue weighted by atomic mass is 32.2. The number of nitrogens with zero attached hydrogens (tertiary/aromatic N) is 3. The van der Waals surface area contributed by atoms with E-state index in [0.29, 0.717) is 47.7 Å². The van der Waals surface area contributed by atoms with Gasteiger partial charge in [0, 0.05) is 24.2 Å². The van der Waals surface area contributed by atoms with E-state index in [0.717, 1.165) is 6.42 Å². The van der Waals surface area contributed by atoms with Crippen LogP contribution in [0.3, 0.4) is 0 Å². The average molecular weight is 531 g/mol. The van der Waals surface area contributed by atoms with Crippen LogP contribution in [0.15, 0.2) is 45.7 Å². The Morgan fingerprint density at radius 2 is 1.57 bits per heavy atom. The summed E-state index contributed by atoms with van der Waals surface area (Å²) in [7, 11) is 0.837. The first kappa shape index (κ1) is 26.4. The van der Waals surface area contributed by atoms with Crippen molar-refractivity contribution in [1.82, 2.24) is 14.5 Å². The van der Waals surface area contributed by atoms with Crippen molar-refractivity contribution in [3.63, 3.8) is 0 Å². The highest BCUT2D eigenvalue weighted by Crippen LogP contribution is 2.41. The molecule has 11 nitrogen and oxygen atoms in total. The molecular formula is C25H30N4O7S. The molecule has 1 amide bonds. The smallest absolute Gasteiger partial charge is 0.322 e. The number of amides is 1. The number of nitrogens with one attached hydrogen (secondary N) is 1. The molecule has 0 radical (unpaired) electrons. The van der Waals surface area contributed by atoms with Crippen molar-refractivity contribution in [2.75, 3.05) is 39.7 Å². The van der Waals surface area contributed by atoms with E-state index in [1.807, 2.05) is 0 Å². The standard InChI is InChI=1S/C25H30N4O7S/c1-15-10-16(2)14-29(13-15)37(31,32)19-8-6-17(7-9-19)23(30)26-25-28-27-24(36-25)18-11-20(33-3)22(35-5)21(12-18)34-4/h6-9,11-12,15-16H,10,13-14H2,1-5H3,(H,26,28,30). The van der Waals surface area contributed by atoms with Crippen molar-refractivity contribution in [2.24, 2.45) is 11.8 Å². The molecule has 1 aliphatic rings. The van der Waals surface area contributed by atoms with Crippen molar-refractivity contribution in [1.29, 1.82) is 0 Å². The minimum Gasteiger partial charge on any atom is -0.493 e. The lowest BCUT2D eigenvalue weighted by Gasteiger charge is -2.34. The molecule has 1 fully saturated rings. The lowest BCUT2D eigenvalue weighted by atomic mass is 9.94. The first-order valence-electron chi connectivity index (χ1n) is 11.7. The minimum atomic E-state index is -3.64. The van der Waals surface area contributed by atoms with Crippen LogP contribution in [0.4, 0.5) is 6.01 Å². The quantitative estimate of drug-likeness (QED) is 0.463. The lowest BCUT2D eigenvalue weighted by Crippen LogP contribution is -2.42. The van der Waals surface area contributed by atoms with Gasteiger partial charge in [0.15, 0.2) is 11.5 Å². The molecule has 37 heavy (non-hydrogen) atoms. The number of hydrogen-bond donors (Lipinski definition) is 1. The van der Waals surface area contributed by atoms with Crippen molar-refractivity contribution in [3.8, 4) is 28.7 Å². The monoisotopic (exact) mass is 530 g/mol. The number of ether oxygens (including phenoxy) is 3. The summed E-state index contributed by atoms with van der Waals surface area (Å²) in [6, 6.07) is 8.94. The van der Waals surface area contributed by atoms with Crippen LogP contribution in [0.25, 0.3) is 11.5 Å². The third kappa shape index (κ3) is 5.54. The maximum Gasteiger partial charge on any atom is 0.322 e. The summed E-state index contributed by atoms with van der Waals surface area (Å²) < 4.78 is 49.3. The molecule has 1 saturated heterocycles. The molecule has 0 spiro atoms. The van der Waals surface area contributed by atoms with Crippen LogP contribution < -0.4 is 19.5 Å². The predicted octanol–water partition coefficient (Wildman–Crippen LogP) is 3.68. The molecule has 1 aliphatic heterocycles. The Balaban J connectivity index is 1.48. The third-order valence-corrected chi connectivity index (χ3v) is 7.99. The zero-order valence-electron chi connectivity index (χ0n) is 21.3. The lowest BCUT2D eigenvalue weighted by molar-refractivity contribution is 0.102. The molecule has 0 saturated carbocycles. The van der Waals surface area contributed by atoms with E-state index in [-0.39, 0.29) is 22.4 Å². The number of hydrogen-bond acceptors (Lipinski definition) is 9. The normalized spacial score (nSPS) is 18.3. The largest absolute Gasteiger partial charge is 0.493 e. The first-order valence-corrected chi connectivity index (χ1v) is 13.2. The number of sulfonamides is 1. The second-order valence-corrected chi connectivity index (χ2v) is 11.0. The van der Waals surface area contributed by atoms with E-state index in [1.54, 1.807) is 12.1 Å². The number of rotatable bonds is 8. The van der Waals surface area contributed by atoms with Gasteiger partial charge >= 0.3 is 6.01 Å². The highest BCUT2D eigenvalue weighted by molar-refractivity contribution is 7.89. The Bertz CT molecular complexity index is 1340. The molecule has 2 heterocycles. The number of methoxy groups -OCH3 is 3. The maximum atomic E-state index is 13.1. The van der Waals surface area contributed by atoms with E-state index >= 15 is 0 Å². The van der Waals surface area contributed by atoms with Crippen LogP contribution in [-0.4, -0.2) is 63.2 Å². The van der Waals surface area contributed by atoms with Gasteiger partial charge in [-0.05, 0) is 54.7 Å². The maximum absolute atomic E-state index is 13.1. The summed E-state index contributed by atoms with van der Waals surface area (Å²) in [5.41, 5.74) is 0.741. The van der Waals surface area contributed by atoms with Crippen LogP contribution in [0.2, 0.25) is 0 Å². The summed E-state index contributed by atoms with van der Waals surface area (Å²) in [5, 5.41) is 10.4. The van der Waals surface area contributed by atoms with Crippen molar-refractivity contribution < 1.29 is 31.8 Å². The Labute approximate surface area is 215 Å². The zero-order chi connectivity index (χ0) is 26.7. The fraction of sp³-hybridized carbons (Fsp3) is 0.400. The number of benzene rings is 2. The summed E-state index contributed by atoms with van der Waals surface area (Å²) in [6.45, 7) is 5.08. The van der Waals surface area contributed by atoms with E-state index in [1.165, 1.54) is 49.9 Å². The zero-order valence-corrected chi connectivity index (χ0v) is 22.2. The number of piperidine rings is 1. The van der Waals surface area contributed by atoms with Gasteiger partial charge in [-0.3, -0.25) is 10.1 Å². The van der Waals surface area contributed by atoms with E-state index in [9.17, 15) is 13.2 Å². The van der Waals surface area contributed by atoms with Crippen LogP contribution in [0, 0.1) is 11.8 Å². The average Bonchev–Trinajstić information content (AvgIpc) is 3.35. The highest BCUT2D eigenvalue weighted by Gasteiger charge is 2.31. The minimum absolute atomic E-state index is 0.123. The van der Waals surface area contributed by atoms with Crippen LogP contribution in [0.1, 0.15) is 30.6 Å². The van der Waals surface area contributed by atoms with Gasteiger partial charge in [-0.15, -0.1) is 5.10 Å². The fourth-order valence-electron chi connectivity index (χ4n) is 4.49. The number of aromatic nitrogens is 2. The van der Waals surface area contributed by atoms with Gasteiger partial charge in [0.2, 0.25) is 21.7 Å². The SMILES string of the molecule is COc1cc(-c2nnc(NC(=O)c3ccc(S(=O)(=O)N4CC(C)CC(C)C4)cc3)o2)cc(OC)c1OC. The van der Waals surface area contributed by atoms with Crippen molar-refractivity contribution in [3.05, 3.63) is 42.0 Å². The predicted molar refractivity (Wildman–Crippen MR) is 135 cm³/mol. The molecule has 0 aliphatic carbocycles. The molecule has 1 N–H and O–H groups in total. The molecule has 0 bridgehead atoms. The van der Waals surface area contributed by atoms with Crippen molar-refractivity contribution >= 4 is 21.9 Å². The molecular weight excluding hydrogens is 500 g/mol. The van der Waals surface area contributed by atoms with Gasteiger partial charge in [0.1, 0.15) is 0 Å². The van der Waals surface area contributed by atoms with E-state index in [2.05, 4.69) is 29.4 Å². The van der Waals surface area contributed by atoms with E-state index < -0.39 is 15.9 Å². The van der Waals surface area contributed by atoms with E-state index in [4.69, 9.17) is 18.6 Å². The van der Waals surface area contributed by atoms with Gasteiger partial charge in [-0.25, -0.2) is 8.42 Å². The molecule has 2 atom stereocenters. The topological polar surface area (TPSA) is 133 Å². The number of anilines is 1. The Kier molecular flexibility index (Phi) is 7.69. The van der Waals surface area contributed by atoms with Crippen LogP contribution in [-0.2, 0) is 10.0 Å². The summed E-state index contributed by atoms with van der Waals surface area (Å²) >= 11 is 0. The molecule has 12 heteroatoms. The second-order valence-electron chi connectivity index (χ2n) is 9.07. The third-order valence-electron chi connectivity index (χ3n) is 6.15. The first-order chi connectivity index (χ1) is 17.7. The summed E-state index contributed by atoms with van der Waals surface area (Å²) in [4.78, 5) is 12.9. The molecule has 198 valence electrons. The Morgan fingerprint density at radius 3 is 2.11 bits per heavy atom. The van der Waals surface area contributed by atoms with Gasteiger partial charge in [0.05, 0.1) is 26.2 Å². The number of carbonyl (C=O) groups is 1. The molecule has 4 rings (SSSR count). The molecule has 2 unspecified atom stereocenters. The summed E-state index contributed by atoms with van der Waals surface area (Å²) in [6.07, 6.45) is 1.00. The molecule has 3 aromatic rings. The van der Waals surface area contributed by atoms with Crippen LogP contribution >= 0.6 is 0 Å². The second kappa shape index (κ2) is 10.8. The number of carbonyl (C=O) groups excluding carboxylic acids is 1. The van der Waals surface area contributed by atoms with Crippen molar-refractivity contribution in [2.45, 2.75) is 25.2 Å². The van der Waals surface area contributed by atoms with Gasteiger partial charge in [0.25, 0.3) is 5.91 Å². The van der Waals surface area contributed by atoms with Crippen LogP contribution in [0.5, 0.6) is 17.2 Å². The Hall–Kier alpha value is -3.64. The fourth-order valence-corrected chi connectivity index (χ4v) is 6.17. The molecule has 1 aromatic heterocycles. The summed E-state index contributed by atoms with van der Waals surface area (Å²) in [5.74, 6) is 1.42. The Morgan fingerprint density at radius 1 is 0.973 bits per heavy atom. The molecule has 2 aromatic carbocycles. The van der Waals surface area contributed by atoms with Gasteiger partial charge < -0.3 is 18.6 Å². The van der Waals surface area contributed by atoms with Gasteiger partial charge in [-0.1, -0.05) is 18.9 Å². The van der Waals surface area contributed by atoms with Gasteiger partial charge in [-0.2, -0.15) is 4.31 Å².